The largest absolute Gasteiger partial charge is 0.460 e. The molecule has 1 N–H and O–H groups in total. The molecule has 0 bridgehead atoms. The molecule has 7 nitrogen and oxygen atoms in total. The zero-order chi connectivity index (χ0) is 22.5. The van der Waals surface area contributed by atoms with Gasteiger partial charge in [0.15, 0.2) is 11.4 Å². The summed E-state index contributed by atoms with van der Waals surface area (Å²) in [4.78, 5) is 21.6. The van der Waals surface area contributed by atoms with Crippen LogP contribution in [0.5, 0.6) is 0 Å². The Morgan fingerprint density at radius 2 is 1.90 bits per heavy atom. The van der Waals surface area contributed by atoms with Crippen LogP contribution >= 0.6 is 0 Å². The summed E-state index contributed by atoms with van der Waals surface area (Å²) in [5, 5.41) is 2.78. The van der Waals surface area contributed by atoms with Crippen molar-refractivity contribution >= 4 is 17.1 Å². The molecule has 0 saturated carbocycles. The SMILES string of the molecule is CNc1nc(-c2ccc(C)o2)c2c(n1)n(Cc1ccc(F)cc1C(F)(F)F)c(=O)n2C. The first-order valence-electron chi connectivity index (χ1n) is 9.17. The first kappa shape index (κ1) is 20.6. The maximum absolute atomic E-state index is 13.5. The normalized spacial score (nSPS) is 12.0. The van der Waals surface area contributed by atoms with Gasteiger partial charge in [-0.2, -0.15) is 18.2 Å². The summed E-state index contributed by atoms with van der Waals surface area (Å²) in [6.07, 6.45) is -4.78. The highest BCUT2D eigenvalue weighted by Crippen LogP contribution is 2.34. The van der Waals surface area contributed by atoms with Gasteiger partial charge in [-0.25, -0.2) is 14.2 Å². The lowest BCUT2D eigenvalue weighted by Crippen LogP contribution is -2.24. The Balaban J connectivity index is 1.97. The van der Waals surface area contributed by atoms with Crippen LogP contribution < -0.4 is 11.0 Å². The number of benzene rings is 1. The van der Waals surface area contributed by atoms with Gasteiger partial charge in [-0.15, -0.1) is 0 Å². The molecule has 0 atom stereocenters. The molecule has 0 amide bonds. The Bertz CT molecular complexity index is 1350. The molecule has 11 heteroatoms. The van der Waals surface area contributed by atoms with Crippen LogP contribution in [-0.4, -0.2) is 26.1 Å². The Morgan fingerprint density at radius 3 is 2.52 bits per heavy atom. The fourth-order valence-electron chi connectivity index (χ4n) is 3.42. The van der Waals surface area contributed by atoms with Gasteiger partial charge < -0.3 is 9.73 Å². The molecule has 0 saturated heterocycles. The third-order valence-electron chi connectivity index (χ3n) is 4.88. The van der Waals surface area contributed by atoms with Crippen molar-refractivity contribution < 1.29 is 22.0 Å². The summed E-state index contributed by atoms with van der Waals surface area (Å²) in [5.41, 5.74) is -1.28. The predicted molar refractivity (Wildman–Crippen MR) is 105 cm³/mol. The number of hydrogen-bond donors (Lipinski definition) is 1. The number of imidazole rings is 1. The summed E-state index contributed by atoms with van der Waals surface area (Å²) in [6.45, 7) is 1.29. The average Bonchev–Trinajstić information content (AvgIpc) is 3.25. The number of alkyl halides is 3. The first-order valence-corrected chi connectivity index (χ1v) is 9.17. The third-order valence-corrected chi connectivity index (χ3v) is 4.88. The standard InChI is InChI=1S/C20H17F4N5O2/c1-10-4-7-14(31-10)15-16-17(27-18(25-2)26-15)29(19(30)28(16)3)9-11-5-6-12(21)8-13(11)20(22,23)24/h4-8H,9H2,1-3H3,(H,25,26,27). The van der Waals surface area contributed by atoms with Crippen molar-refractivity contribution in [2.24, 2.45) is 7.05 Å². The molecule has 0 aliphatic rings. The van der Waals surface area contributed by atoms with Crippen LogP contribution in [0.3, 0.4) is 0 Å². The zero-order valence-electron chi connectivity index (χ0n) is 16.7. The topological polar surface area (TPSA) is 77.9 Å². The molecule has 0 fully saturated rings. The van der Waals surface area contributed by atoms with E-state index >= 15 is 0 Å². The number of fused-ring (bicyclic) bond motifs is 1. The van der Waals surface area contributed by atoms with Crippen LogP contribution in [0.4, 0.5) is 23.5 Å². The number of anilines is 1. The van der Waals surface area contributed by atoms with E-state index in [1.54, 1.807) is 26.1 Å². The van der Waals surface area contributed by atoms with E-state index < -0.39 is 29.8 Å². The monoisotopic (exact) mass is 435 g/mol. The van der Waals surface area contributed by atoms with Crippen molar-refractivity contribution in [1.29, 1.82) is 0 Å². The van der Waals surface area contributed by atoms with E-state index in [9.17, 15) is 22.4 Å². The highest BCUT2D eigenvalue weighted by Gasteiger charge is 2.34. The van der Waals surface area contributed by atoms with Gasteiger partial charge in [-0.05, 0) is 36.8 Å². The van der Waals surface area contributed by atoms with E-state index in [0.717, 1.165) is 16.7 Å². The van der Waals surface area contributed by atoms with E-state index in [1.807, 2.05) is 0 Å². The maximum Gasteiger partial charge on any atom is 0.416 e. The number of halogens is 4. The van der Waals surface area contributed by atoms with Crippen molar-refractivity contribution in [2.75, 3.05) is 12.4 Å². The minimum Gasteiger partial charge on any atom is -0.460 e. The van der Waals surface area contributed by atoms with Crippen LogP contribution in [0.2, 0.25) is 0 Å². The van der Waals surface area contributed by atoms with E-state index in [-0.39, 0.29) is 17.2 Å². The van der Waals surface area contributed by atoms with Gasteiger partial charge in [0.05, 0.1) is 12.1 Å². The second kappa shape index (κ2) is 7.25. The summed E-state index contributed by atoms with van der Waals surface area (Å²) in [6, 6.07) is 5.76. The molecule has 0 aliphatic carbocycles. The molecule has 31 heavy (non-hydrogen) atoms. The number of hydrogen-bond acceptors (Lipinski definition) is 5. The van der Waals surface area contributed by atoms with Gasteiger partial charge in [0.2, 0.25) is 5.95 Å². The van der Waals surface area contributed by atoms with Crippen LogP contribution in [-0.2, 0) is 19.8 Å². The number of nitrogens with zero attached hydrogens (tertiary/aromatic N) is 4. The Hall–Kier alpha value is -3.63. The quantitative estimate of drug-likeness (QED) is 0.492. The van der Waals surface area contributed by atoms with Gasteiger partial charge in [0.1, 0.15) is 22.8 Å². The number of aryl methyl sites for hydroxylation is 2. The van der Waals surface area contributed by atoms with Crippen molar-refractivity contribution in [1.82, 2.24) is 19.1 Å². The lowest BCUT2D eigenvalue weighted by atomic mass is 10.1. The number of furan rings is 1. The van der Waals surface area contributed by atoms with Crippen molar-refractivity contribution in [3.05, 3.63) is 63.5 Å². The van der Waals surface area contributed by atoms with Crippen molar-refractivity contribution in [2.45, 2.75) is 19.6 Å². The number of rotatable bonds is 4. The van der Waals surface area contributed by atoms with Crippen LogP contribution in [0.25, 0.3) is 22.6 Å². The summed E-state index contributed by atoms with van der Waals surface area (Å²) < 4.78 is 61.8. The van der Waals surface area contributed by atoms with Gasteiger partial charge >= 0.3 is 11.9 Å². The van der Waals surface area contributed by atoms with Crippen LogP contribution in [0.1, 0.15) is 16.9 Å². The molecular formula is C20H17F4N5O2. The molecule has 0 unspecified atom stereocenters. The van der Waals surface area contributed by atoms with E-state index in [0.29, 0.717) is 28.8 Å². The lowest BCUT2D eigenvalue weighted by Gasteiger charge is -2.13. The third kappa shape index (κ3) is 3.56. The van der Waals surface area contributed by atoms with Gasteiger partial charge in [0, 0.05) is 14.1 Å². The minimum absolute atomic E-state index is 0.119. The van der Waals surface area contributed by atoms with Gasteiger partial charge in [0.25, 0.3) is 0 Å². The molecule has 4 rings (SSSR count). The van der Waals surface area contributed by atoms with Crippen LogP contribution in [0, 0.1) is 12.7 Å². The van der Waals surface area contributed by atoms with E-state index in [4.69, 9.17) is 4.42 Å². The van der Waals surface area contributed by atoms with E-state index in [2.05, 4.69) is 15.3 Å². The minimum atomic E-state index is -4.78. The molecule has 0 radical (unpaired) electrons. The van der Waals surface area contributed by atoms with Gasteiger partial charge in [-0.1, -0.05) is 6.07 Å². The number of nitrogens with one attached hydrogen (secondary N) is 1. The fraction of sp³-hybridized carbons (Fsp3) is 0.250. The molecule has 3 aromatic heterocycles. The molecule has 162 valence electrons. The van der Waals surface area contributed by atoms with Gasteiger partial charge in [-0.3, -0.25) is 9.13 Å². The van der Waals surface area contributed by atoms with Crippen molar-refractivity contribution in [3.63, 3.8) is 0 Å². The Kier molecular flexibility index (Phi) is 4.83. The Morgan fingerprint density at radius 1 is 1.16 bits per heavy atom. The first-order chi connectivity index (χ1) is 14.6. The molecule has 0 spiro atoms. The summed E-state index contributed by atoms with van der Waals surface area (Å²) >= 11 is 0. The highest BCUT2D eigenvalue weighted by atomic mass is 19.4. The second-order valence-corrected chi connectivity index (χ2v) is 6.96. The summed E-state index contributed by atoms with van der Waals surface area (Å²) in [5.74, 6) is 0.146. The van der Waals surface area contributed by atoms with Crippen LogP contribution in [0.15, 0.2) is 39.5 Å². The molecule has 1 aromatic carbocycles. The molecular weight excluding hydrogens is 418 g/mol. The second-order valence-electron chi connectivity index (χ2n) is 6.96. The average molecular weight is 435 g/mol. The smallest absolute Gasteiger partial charge is 0.416 e. The maximum atomic E-state index is 13.5. The molecule has 3 heterocycles. The van der Waals surface area contributed by atoms with E-state index in [1.165, 1.54) is 11.6 Å². The fourth-order valence-corrected chi connectivity index (χ4v) is 3.42. The molecule has 0 aliphatic heterocycles. The zero-order valence-corrected chi connectivity index (χ0v) is 16.7. The Labute approximate surface area is 173 Å². The summed E-state index contributed by atoms with van der Waals surface area (Å²) in [7, 11) is 3.05. The molecule has 4 aromatic rings. The predicted octanol–water partition coefficient (Wildman–Crippen LogP) is 3.95. The van der Waals surface area contributed by atoms with Crippen molar-refractivity contribution in [3.8, 4) is 11.5 Å². The highest BCUT2D eigenvalue weighted by molar-refractivity contribution is 5.87. The number of aromatic nitrogens is 4. The lowest BCUT2D eigenvalue weighted by molar-refractivity contribution is -0.138.